The summed E-state index contributed by atoms with van der Waals surface area (Å²) in [6.07, 6.45) is 0.748. The molecule has 70 valence electrons. The van der Waals surface area contributed by atoms with Crippen molar-refractivity contribution in [1.82, 2.24) is 0 Å². The molecule has 0 rings (SSSR count). The van der Waals surface area contributed by atoms with Crippen molar-refractivity contribution in [3.05, 3.63) is 12.7 Å². The highest BCUT2D eigenvalue weighted by Crippen LogP contribution is 2.05. The molecule has 0 aromatic carbocycles. The Bertz CT molecular complexity index is 233. The molecule has 0 aromatic heterocycles. The van der Waals surface area contributed by atoms with Crippen LogP contribution in [0, 0.1) is 28.6 Å². The molecule has 0 saturated carbocycles. The molecule has 0 aliphatic carbocycles. The van der Waals surface area contributed by atoms with Gasteiger partial charge in [0.1, 0.15) is 0 Å². The van der Waals surface area contributed by atoms with Gasteiger partial charge in [0.2, 0.25) is 0 Å². The monoisotopic (exact) mass is 182 g/mol. The number of carbonyl (C=O) groups is 1. The average Bonchev–Trinajstić information content (AvgIpc) is 2.03. The minimum atomic E-state index is -1.83. The van der Waals surface area contributed by atoms with Crippen molar-refractivity contribution >= 4 is 6.16 Å². The molecule has 0 aromatic rings. The van der Waals surface area contributed by atoms with E-state index in [0.717, 1.165) is 0 Å². The molecule has 0 amide bonds. The highest BCUT2D eigenvalue weighted by molar-refractivity contribution is 5.53. The van der Waals surface area contributed by atoms with Crippen LogP contribution in [0.4, 0.5) is 4.79 Å². The van der Waals surface area contributed by atoms with Gasteiger partial charge < -0.3 is 10.2 Å². The van der Waals surface area contributed by atoms with E-state index in [2.05, 4.69) is 6.58 Å². The molecule has 2 N–H and O–H groups in total. The molecule has 1 unspecified atom stereocenters. The number of allylic oxidation sites excluding steroid dienone is 1. The standard InChI is InChI=1S/C7H8N2.CH2O3/c1-2-3-7(6-9)4-5-8;2-1(3)4/h2,7H,1,3-4H2;(H2,2,3,4). The summed E-state index contributed by atoms with van der Waals surface area (Å²) >= 11 is 0. The zero-order valence-electron chi connectivity index (χ0n) is 6.97. The van der Waals surface area contributed by atoms with Crippen LogP contribution < -0.4 is 0 Å². The van der Waals surface area contributed by atoms with E-state index in [9.17, 15) is 0 Å². The van der Waals surface area contributed by atoms with Gasteiger partial charge in [0.25, 0.3) is 0 Å². The van der Waals surface area contributed by atoms with Crippen LogP contribution in [0.2, 0.25) is 0 Å². The lowest BCUT2D eigenvalue weighted by atomic mass is 10.1. The molecule has 1 atom stereocenters. The second-order valence-corrected chi connectivity index (χ2v) is 2.00. The van der Waals surface area contributed by atoms with Crippen LogP contribution in [0.25, 0.3) is 0 Å². The Morgan fingerprint density at radius 3 is 2.23 bits per heavy atom. The maximum atomic E-state index is 8.56. The third kappa shape index (κ3) is 17.8. The quantitative estimate of drug-likeness (QED) is 0.647. The Kier molecular flexibility index (Phi) is 10.4. The van der Waals surface area contributed by atoms with Crippen LogP contribution in [0.5, 0.6) is 0 Å². The molecule has 13 heavy (non-hydrogen) atoms. The van der Waals surface area contributed by atoms with Crippen molar-refractivity contribution < 1.29 is 15.0 Å². The Labute approximate surface area is 76.1 Å². The number of nitrogens with zero attached hydrogens (tertiary/aromatic N) is 2. The van der Waals surface area contributed by atoms with Crippen LogP contribution in [-0.2, 0) is 0 Å². The van der Waals surface area contributed by atoms with Crippen molar-refractivity contribution in [2.45, 2.75) is 12.8 Å². The van der Waals surface area contributed by atoms with Crippen LogP contribution in [0.15, 0.2) is 12.7 Å². The topological polar surface area (TPSA) is 105 Å². The van der Waals surface area contributed by atoms with Gasteiger partial charge >= 0.3 is 6.16 Å². The fourth-order valence-corrected chi connectivity index (χ4v) is 0.493. The van der Waals surface area contributed by atoms with Crippen molar-refractivity contribution in [1.29, 1.82) is 10.5 Å². The summed E-state index contributed by atoms with van der Waals surface area (Å²) < 4.78 is 0. The molecule has 0 heterocycles. The van der Waals surface area contributed by atoms with Gasteiger partial charge in [-0.3, -0.25) is 0 Å². The summed E-state index contributed by atoms with van der Waals surface area (Å²) in [5.41, 5.74) is 0. The molecule has 5 heteroatoms. The second kappa shape index (κ2) is 9.99. The molecule has 0 saturated heterocycles. The number of rotatable bonds is 3. The lowest BCUT2D eigenvalue weighted by Crippen LogP contribution is -1.91. The summed E-state index contributed by atoms with van der Waals surface area (Å²) in [6.45, 7) is 3.47. The van der Waals surface area contributed by atoms with Gasteiger partial charge in [-0.2, -0.15) is 10.5 Å². The summed E-state index contributed by atoms with van der Waals surface area (Å²) in [4.78, 5) is 8.56. The molecule has 0 bridgehead atoms. The van der Waals surface area contributed by atoms with Gasteiger partial charge in [-0.05, 0) is 6.42 Å². The Hall–Kier alpha value is -2.01. The lowest BCUT2D eigenvalue weighted by molar-refractivity contribution is 0.137. The first kappa shape index (κ1) is 13.6. The van der Waals surface area contributed by atoms with E-state index in [1.165, 1.54) is 0 Å². The van der Waals surface area contributed by atoms with Gasteiger partial charge in [-0.1, -0.05) is 6.08 Å². The van der Waals surface area contributed by atoms with Crippen LogP contribution in [0.3, 0.4) is 0 Å². The molecular weight excluding hydrogens is 172 g/mol. The predicted molar refractivity (Wildman–Crippen MR) is 44.8 cm³/mol. The van der Waals surface area contributed by atoms with E-state index in [-0.39, 0.29) is 5.92 Å². The highest BCUT2D eigenvalue weighted by Gasteiger charge is 2.01. The third-order valence-corrected chi connectivity index (χ3v) is 0.971. The van der Waals surface area contributed by atoms with E-state index < -0.39 is 6.16 Å². The summed E-state index contributed by atoms with van der Waals surface area (Å²) in [7, 11) is 0. The van der Waals surface area contributed by atoms with Gasteiger partial charge in [0.05, 0.1) is 24.5 Å². The lowest BCUT2D eigenvalue weighted by Gasteiger charge is -1.95. The Morgan fingerprint density at radius 1 is 1.54 bits per heavy atom. The fourth-order valence-electron chi connectivity index (χ4n) is 0.493. The first-order valence-corrected chi connectivity index (χ1v) is 3.37. The first-order valence-electron chi connectivity index (χ1n) is 3.37. The third-order valence-electron chi connectivity index (χ3n) is 0.971. The maximum Gasteiger partial charge on any atom is 0.503 e. The van der Waals surface area contributed by atoms with E-state index >= 15 is 0 Å². The van der Waals surface area contributed by atoms with E-state index in [4.69, 9.17) is 25.5 Å². The molecule has 0 radical (unpaired) electrons. The minimum absolute atomic E-state index is 0.160. The largest absolute Gasteiger partial charge is 0.503 e. The fraction of sp³-hybridized carbons (Fsp3) is 0.375. The summed E-state index contributed by atoms with van der Waals surface area (Å²) in [6, 6.07) is 3.94. The molecule has 0 aliphatic heterocycles. The van der Waals surface area contributed by atoms with Crippen LogP contribution in [-0.4, -0.2) is 16.4 Å². The number of hydrogen-bond donors (Lipinski definition) is 2. The molecule has 0 spiro atoms. The smallest absolute Gasteiger partial charge is 0.450 e. The normalized spacial score (nSPS) is 9.38. The summed E-state index contributed by atoms with van der Waals surface area (Å²) in [5.74, 6) is -0.160. The minimum Gasteiger partial charge on any atom is -0.450 e. The van der Waals surface area contributed by atoms with Gasteiger partial charge in [-0.15, -0.1) is 6.58 Å². The second-order valence-electron chi connectivity index (χ2n) is 2.00. The van der Waals surface area contributed by atoms with Crippen molar-refractivity contribution in [3.8, 4) is 12.1 Å². The maximum absolute atomic E-state index is 8.56. The SMILES string of the molecule is C=CCC(C#N)CC#N.O=C(O)O. The van der Waals surface area contributed by atoms with Crippen LogP contribution in [0.1, 0.15) is 12.8 Å². The van der Waals surface area contributed by atoms with Gasteiger partial charge in [0, 0.05) is 0 Å². The molecular formula is C8H10N2O3. The van der Waals surface area contributed by atoms with Gasteiger partial charge in [0.15, 0.2) is 0 Å². The van der Waals surface area contributed by atoms with E-state index in [1.807, 2.05) is 12.1 Å². The van der Waals surface area contributed by atoms with Gasteiger partial charge in [-0.25, -0.2) is 4.79 Å². The van der Waals surface area contributed by atoms with Crippen molar-refractivity contribution in [2.24, 2.45) is 5.92 Å². The van der Waals surface area contributed by atoms with Crippen molar-refractivity contribution in [3.63, 3.8) is 0 Å². The molecule has 0 aliphatic rings. The van der Waals surface area contributed by atoms with Crippen LogP contribution >= 0.6 is 0 Å². The Morgan fingerprint density at radius 2 is 2.00 bits per heavy atom. The van der Waals surface area contributed by atoms with E-state index in [0.29, 0.717) is 12.8 Å². The number of nitriles is 2. The number of carboxylic acid groups (broad SMARTS) is 2. The zero-order chi connectivity index (χ0) is 10.7. The molecule has 0 fully saturated rings. The average molecular weight is 182 g/mol. The van der Waals surface area contributed by atoms with Crippen molar-refractivity contribution in [2.75, 3.05) is 0 Å². The Balaban J connectivity index is 0. The first-order chi connectivity index (χ1) is 6.08. The predicted octanol–water partition coefficient (Wildman–Crippen LogP) is 1.84. The van der Waals surface area contributed by atoms with E-state index in [1.54, 1.807) is 6.08 Å². The molecule has 5 nitrogen and oxygen atoms in total. The highest BCUT2D eigenvalue weighted by atomic mass is 16.6. The summed E-state index contributed by atoms with van der Waals surface area (Å²) in [5, 5.41) is 30.4. The zero-order valence-corrected chi connectivity index (χ0v) is 6.97. The number of hydrogen-bond acceptors (Lipinski definition) is 3.